The van der Waals surface area contributed by atoms with E-state index in [-0.39, 0.29) is 11.4 Å². The summed E-state index contributed by atoms with van der Waals surface area (Å²) in [5.41, 5.74) is 0.687. The van der Waals surface area contributed by atoms with Gasteiger partial charge in [-0.3, -0.25) is 0 Å². The molecule has 0 unspecified atom stereocenters. The third kappa shape index (κ3) is 3.93. The van der Waals surface area contributed by atoms with Crippen molar-refractivity contribution >= 4 is 21.6 Å². The van der Waals surface area contributed by atoms with Crippen LogP contribution in [-0.2, 0) is 16.6 Å². The van der Waals surface area contributed by atoms with Crippen molar-refractivity contribution in [2.75, 3.05) is 7.11 Å². The standard InChI is InChI=1S/C14H13ClFNO3S/c1-20-14-7-2-10(8-13(14)15)9-17-21(18,19)12-5-3-11(16)4-6-12/h2-8,17H,9H2,1H3. The Balaban J connectivity index is 2.11. The number of methoxy groups -OCH3 is 1. The van der Waals surface area contributed by atoms with Gasteiger partial charge in [0.2, 0.25) is 10.0 Å². The van der Waals surface area contributed by atoms with Gasteiger partial charge < -0.3 is 4.74 Å². The summed E-state index contributed by atoms with van der Waals surface area (Å²) in [4.78, 5) is 0.00325. The summed E-state index contributed by atoms with van der Waals surface area (Å²) in [6.45, 7) is 0.0728. The monoisotopic (exact) mass is 329 g/mol. The molecule has 0 aliphatic carbocycles. The molecule has 2 aromatic rings. The van der Waals surface area contributed by atoms with E-state index in [1.807, 2.05) is 0 Å². The van der Waals surface area contributed by atoms with Crippen LogP contribution >= 0.6 is 11.6 Å². The Morgan fingerprint density at radius 3 is 2.43 bits per heavy atom. The third-order valence-electron chi connectivity index (χ3n) is 2.81. The number of ether oxygens (including phenoxy) is 1. The van der Waals surface area contributed by atoms with E-state index in [0.717, 1.165) is 12.1 Å². The lowest BCUT2D eigenvalue weighted by molar-refractivity contribution is 0.415. The van der Waals surface area contributed by atoms with Crippen molar-refractivity contribution in [2.45, 2.75) is 11.4 Å². The SMILES string of the molecule is COc1ccc(CNS(=O)(=O)c2ccc(F)cc2)cc1Cl. The van der Waals surface area contributed by atoms with Crippen molar-refractivity contribution in [3.8, 4) is 5.75 Å². The van der Waals surface area contributed by atoms with Crippen molar-refractivity contribution in [3.63, 3.8) is 0 Å². The number of hydrogen-bond donors (Lipinski definition) is 1. The van der Waals surface area contributed by atoms with Crippen LogP contribution in [0, 0.1) is 5.82 Å². The van der Waals surface area contributed by atoms with Crippen LogP contribution in [-0.4, -0.2) is 15.5 Å². The molecule has 0 atom stereocenters. The van der Waals surface area contributed by atoms with Gasteiger partial charge in [-0.25, -0.2) is 17.5 Å². The van der Waals surface area contributed by atoms with Gasteiger partial charge in [0, 0.05) is 6.54 Å². The average molecular weight is 330 g/mol. The molecule has 21 heavy (non-hydrogen) atoms. The molecule has 0 aliphatic heterocycles. The van der Waals surface area contributed by atoms with Crippen molar-refractivity contribution in [1.29, 1.82) is 0 Å². The molecule has 2 aromatic carbocycles. The summed E-state index contributed by atoms with van der Waals surface area (Å²) < 4.78 is 44.3. The second-order valence-electron chi connectivity index (χ2n) is 4.25. The molecule has 0 radical (unpaired) electrons. The molecule has 0 amide bonds. The van der Waals surface area contributed by atoms with E-state index in [9.17, 15) is 12.8 Å². The first-order valence-electron chi connectivity index (χ1n) is 6.00. The predicted octanol–water partition coefficient (Wildman–Crippen LogP) is 2.97. The zero-order valence-corrected chi connectivity index (χ0v) is 12.7. The lowest BCUT2D eigenvalue weighted by Crippen LogP contribution is -2.23. The highest BCUT2D eigenvalue weighted by molar-refractivity contribution is 7.89. The molecule has 2 rings (SSSR count). The zero-order chi connectivity index (χ0) is 15.5. The molecule has 0 saturated carbocycles. The van der Waals surface area contributed by atoms with E-state index in [2.05, 4.69) is 4.72 Å². The topological polar surface area (TPSA) is 55.4 Å². The van der Waals surface area contributed by atoms with Crippen molar-refractivity contribution in [3.05, 3.63) is 58.9 Å². The summed E-state index contributed by atoms with van der Waals surface area (Å²) in [6, 6.07) is 9.59. The van der Waals surface area contributed by atoms with E-state index in [1.165, 1.54) is 19.2 Å². The molecule has 0 spiro atoms. The summed E-state index contributed by atoms with van der Waals surface area (Å²) in [7, 11) is -2.20. The Bertz CT molecular complexity index is 732. The lowest BCUT2D eigenvalue weighted by Gasteiger charge is -2.08. The van der Waals surface area contributed by atoms with Gasteiger partial charge in [-0.1, -0.05) is 17.7 Å². The fourth-order valence-corrected chi connectivity index (χ4v) is 2.99. The molecule has 0 bridgehead atoms. The lowest BCUT2D eigenvalue weighted by atomic mass is 10.2. The van der Waals surface area contributed by atoms with Crippen molar-refractivity contribution in [2.24, 2.45) is 0 Å². The molecule has 7 heteroatoms. The van der Waals surface area contributed by atoms with E-state index >= 15 is 0 Å². The summed E-state index contributed by atoms with van der Waals surface area (Å²) in [6.07, 6.45) is 0. The maximum Gasteiger partial charge on any atom is 0.240 e. The molecule has 4 nitrogen and oxygen atoms in total. The van der Waals surface area contributed by atoms with Gasteiger partial charge in [-0.2, -0.15) is 0 Å². The number of benzene rings is 2. The van der Waals surface area contributed by atoms with Crippen molar-refractivity contribution in [1.82, 2.24) is 4.72 Å². The van der Waals surface area contributed by atoms with Gasteiger partial charge in [0.1, 0.15) is 11.6 Å². The first-order valence-corrected chi connectivity index (χ1v) is 7.86. The van der Waals surface area contributed by atoms with Crippen LogP contribution in [0.4, 0.5) is 4.39 Å². The molecular formula is C14H13ClFNO3S. The van der Waals surface area contributed by atoms with Crippen LogP contribution in [0.2, 0.25) is 5.02 Å². The van der Waals surface area contributed by atoms with Gasteiger partial charge in [-0.15, -0.1) is 0 Å². The van der Waals surface area contributed by atoms with E-state index < -0.39 is 15.8 Å². The van der Waals surface area contributed by atoms with E-state index in [1.54, 1.807) is 18.2 Å². The summed E-state index contributed by atoms with van der Waals surface area (Å²) >= 11 is 5.97. The van der Waals surface area contributed by atoms with Crippen LogP contribution < -0.4 is 9.46 Å². The van der Waals surface area contributed by atoms with Crippen LogP contribution in [0.1, 0.15) is 5.56 Å². The first-order chi connectivity index (χ1) is 9.92. The maximum atomic E-state index is 12.8. The van der Waals surface area contributed by atoms with Gasteiger partial charge in [0.05, 0.1) is 17.0 Å². The van der Waals surface area contributed by atoms with Crippen LogP contribution in [0.25, 0.3) is 0 Å². The Labute approximate surface area is 127 Å². The maximum absolute atomic E-state index is 12.8. The molecule has 0 heterocycles. The van der Waals surface area contributed by atoms with Crippen LogP contribution in [0.15, 0.2) is 47.4 Å². The van der Waals surface area contributed by atoms with E-state index in [0.29, 0.717) is 16.3 Å². The smallest absolute Gasteiger partial charge is 0.240 e. The highest BCUT2D eigenvalue weighted by atomic mass is 35.5. The molecule has 0 fully saturated rings. The zero-order valence-electron chi connectivity index (χ0n) is 11.1. The largest absolute Gasteiger partial charge is 0.495 e. The van der Waals surface area contributed by atoms with Gasteiger partial charge >= 0.3 is 0 Å². The molecule has 0 aromatic heterocycles. The molecular weight excluding hydrogens is 317 g/mol. The Hall–Kier alpha value is -1.63. The quantitative estimate of drug-likeness (QED) is 0.917. The number of rotatable bonds is 5. The highest BCUT2D eigenvalue weighted by Crippen LogP contribution is 2.25. The molecule has 0 aliphatic rings. The van der Waals surface area contributed by atoms with Crippen LogP contribution in [0.5, 0.6) is 5.75 Å². The summed E-state index contributed by atoms with van der Waals surface area (Å²) in [5.74, 6) is 0.0256. The Morgan fingerprint density at radius 2 is 1.86 bits per heavy atom. The Kier molecular flexibility index (Phi) is 4.82. The predicted molar refractivity (Wildman–Crippen MR) is 78.4 cm³/mol. The third-order valence-corrected chi connectivity index (χ3v) is 4.52. The number of hydrogen-bond acceptors (Lipinski definition) is 3. The minimum absolute atomic E-state index is 0.00325. The molecule has 0 saturated heterocycles. The Morgan fingerprint density at radius 1 is 1.19 bits per heavy atom. The average Bonchev–Trinajstić information content (AvgIpc) is 2.46. The van der Waals surface area contributed by atoms with Crippen LogP contribution in [0.3, 0.4) is 0 Å². The van der Waals surface area contributed by atoms with Gasteiger partial charge in [0.25, 0.3) is 0 Å². The first kappa shape index (κ1) is 15.8. The molecule has 112 valence electrons. The van der Waals surface area contributed by atoms with E-state index in [4.69, 9.17) is 16.3 Å². The second kappa shape index (κ2) is 6.43. The van der Waals surface area contributed by atoms with Gasteiger partial charge in [-0.05, 0) is 42.0 Å². The minimum Gasteiger partial charge on any atom is -0.495 e. The van der Waals surface area contributed by atoms with Gasteiger partial charge in [0.15, 0.2) is 0 Å². The summed E-state index contributed by atoms with van der Waals surface area (Å²) in [5, 5.41) is 0.399. The normalized spacial score (nSPS) is 11.4. The number of nitrogens with one attached hydrogen (secondary N) is 1. The highest BCUT2D eigenvalue weighted by Gasteiger charge is 2.14. The fourth-order valence-electron chi connectivity index (χ4n) is 1.70. The number of sulfonamides is 1. The number of halogens is 2. The fraction of sp³-hybridized carbons (Fsp3) is 0.143. The second-order valence-corrected chi connectivity index (χ2v) is 6.42. The van der Waals surface area contributed by atoms with Crippen molar-refractivity contribution < 1.29 is 17.5 Å². The molecule has 1 N–H and O–H groups in total. The minimum atomic E-state index is -3.69.